The molecule has 5 nitrogen and oxygen atoms in total. The highest BCUT2D eigenvalue weighted by atomic mass is 35.5. The first-order valence-corrected chi connectivity index (χ1v) is 12.7. The molecule has 5 rings (SSSR count). The summed E-state index contributed by atoms with van der Waals surface area (Å²) in [6.45, 7) is 0. The highest BCUT2D eigenvalue weighted by Gasteiger charge is 2.41. The standard InChI is InChI=1S/C24H19ClFN3O2S2/c25-17-8-3-1-6-14(17)13-32-24-28-27-23(33-24)29-19-10-5-11-20(30)22(19)16(12-21(29)31)15-7-2-4-9-18(15)26/h1-4,6-9,16H,5,10-13H2/t16-/m1/s1. The first-order chi connectivity index (χ1) is 16.0. The molecule has 0 fully saturated rings. The fraction of sp³-hybridized carbons (Fsp3) is 0.250. The Balaban J connectivity index is 1.46. The molecule has 0 saturated carbocycles. The average Bonchev–Trinajstić information content (AvgIpc) is 3.27. The molecule has 33 heavy (non-hydrogen) atoms. The van der Waals surface area contributed by atoms with Gasteiger partial charge in [0.05, 0.1) is 0 Å². The van der Waals surface area contributed by atoms with Crippen molar-refractivity contribution in [2.75, 3.05) is 4.90 Å². The lowest BCUT2D eigenvalue weighted by Crippen LogP contribution is -2.40. The predicted octanol–water partition coefficient (Wildman–Crippen LogP) is 6.15. The molecule has 1 aromatic heterocycles. The molecule has 1 aliphatic carbocycles. The van der Waals surface area contributed by atoms with E-state index < -0.39 is 11.7 Å². The second-order valence-electron chi connectivity index (χ2n) is 7.88. The van der Waals surface area contributed by atoms with Crippen molar-refractivity contribution in [3.8, 4) is 0 Å². The molecule has 0 bridgehead atoms. The summed E-state index contributed by atoms with van der Waals surface area (Å²) in [6, 6.07) is 14.0. The predicted molar refractivity (Wildman–Crippen MR) is 128 cm³/mol. The molecule has 2 aromatic carbocycles. The molecule has 0 radical (unpaired) electrons. The molecule has 0 N–H and O–H groups in total. The Kier molecular flexibility index (Phi) is 6.32. The van der Waals surface area contributed by atoms with Gasteiger partial charge in [0.2, 0.25) is 11.0 Å². The van der Waals surface area contributed by atoms with Gasteiger partial charge in [0.15, 0.2) is 10.1 Å². The fourth-order valence-corrected chi connectivity index (χ4v) is 6.51. The number of amides is 1. The summed E-state index contributed by atoms with van der Waals surface area (Å²) in [6.07, 6.45) is 1.64. The third-order valence-electron chi connectivity index (χ3n) is 5.85. The number of benzene rings is 2. The van der Waals surface area contributed by atoms with Crippen molar-refractivity contribution in [3.63, 3.8) is 0 Å². The average molecular weight is 500 g/mol. The number of anilines is 1. The summed E-state index contributed by atoms with van der Waals surface area (Å²) in [4.78, 5) is 27.7. The lowest BCUT2D eigenvalue weighted by molar-refractivity contribution is -0.119. The van der Waals surface area contributed by atoms with Crippen LogP contribution in [0, 0.1) is 5.82 Å². The van der Waals surface area contributed by atoms with Gasteiger partial charge in [0.25, 0.3) is 0 Å². The number of allylic oxidation sites excluding steroid dienone is 2. The van der Waals surface area contributed by atoms with E-state index >= 15 is 0 Å². The van der Waals surface area contributed by atoms with Gasteiger partial charge in [-0.25, -0.2) is 4.39 Å². The van der Waals surface area contributed by atoms with Crippen LogP contribution in [0.25, 0.3) is 0 Å². The van der Waals surface area contributed by atoms with Crippen LogP contribution >= 0.6 is 34.7 Å². The third-order valence-corrected chi connectivity index (χ3v) is 8.31. The highest BCUT2D eigenvalue weighted by molar-refractivity contribution is 8.00. The summed E-state index contributed by atoms with van der Waals surface area (Å²) >= 11 is 9.04. The van der Waals surface area contributed by atoms with Crippen molar-refractivity contribution >= 4 is 51.5 Å². The molecule has 1 amide bonds. The van der Waals surface area contributed by atoms with Crippen LogP contribution in [0.5, 0.6) is 0 Å². The van der Waals surface area contributed by atoms with Gasteiger partial charge < -0.3 is 0 Å². The monoisotopic (exact) mass is 499 g/mol. The number of thioether (sulfide) groups is 1. The van der Waals surface area contributed by atoms with Crippen LogP contribution in [0.15, 0.2) is 64.1 Å². The molecule has 1 atom stereocenters. The molecule has 0 saturated heterocycles. The van der Waals surface area contributed by atoms with E-state index in [1.54, 1.807) is 18.2 Å². The Morgan fingerprint density at radius 3 is 2.70 bits per heavy atom. The van der Waals surface area contributed by atoms with E-state index in [2.05, 4.69) is 10.2 Å². The van der Waals surface area contributed by atoms with Crippen LogP contribution in [0.2, 0.25) is 5.02 Å². The van der Waals surface area contributed by atoms with Gasteiger partial charge in [0.1, 0.15) is 5.82 Å². The van der Waals surface area contributed by atoms with Gasteiger partial charge in [-0.1, -0.05) is 71.1 Å². The van der Waals surface area contributed by atoms with Gasteiger partial charge in [-0.2, -0.15) is 0 Å². The number of rotatable bonds is 5. The molecule has 3 aromatic rings. The lowest BCUT2D eigenvalue weighted by atomic mass is 9.77. The number of nitrogens with zero attached hydrogens (tertiary/aromatic N) is 3. The second kappa shape index (κ2) is 9.37. The van der Waals surface area contributed by atoms with E-state index in [0.29, 0.717) is 56.3 Å². The summed E-state index contributed by atoms with van der Waals surface area (Å²) in [5.41, 5.74) is 2.55. The molecule has 0 spiro atoms. The van der Waals surface area contributed by atoms with Crippen molar-refractivity contribution in [1.29, 1.82) is 0 Å². The third kappa shape index (κ3) is 4.35. The maximum Gasteiger partial charge on any atom is 0.234 e. The van der Waals surface area contributed by atoms with E-state index in [4.69, 9.17) is 11.6 Å². The van der Waals surface area contributed by atoms with Crippen LogP contribution in [0.3, 0.4) is 0 Å². The van der Waals surface area contributed by atoms with Gasteiger partial charge >= 0.3 is 0 Å². The van der Waals surface area contributed by atoms with Gasteiger partial charge in [-0.05, 0) is 36.1 Å². The number of hydrogen-bond donors (Lipinski definition) is 0. The van der Waals surface area contributed by atoms with Crippen molar-refractivity contribution < 1.29 is 14.0 Å². The second-order valence-corrected chi connectivity index (χ2v) is 10.5. The van der Waals surface area contributed by atoms with E-state index in [9.17, 15) is 14.0 Å². The minimum atomic E-state index is -0.570. The van der Waals surface area contributed by atoms with Gasteiger partial charge in [-0.3, -0.25) is 14.5 Å². The first kappa shape index (κ1) is 22.3. The van der Waals surface area contributed by atoms with Crippen molar-refractivity contribution in [1.82, 2.24) is 10.2 Å². The molecule has 0 unspecified atom stereocenters. The zero-order valence-corrected chi connectivity index (χ0v) is 19.9. The van der Waals surface area contributed by atoms with E-state index in [1.807, 2.05) is 24.3 Å². The minimum Gasteiger partial charge on any atom is -0.294 e. The van der Waals surface area contributed by atoms with Crippen LogP contribution in [0.1, 0.15) is 42.7 Å². The number of carbonyl (C=O) groups excluding carboxylic acids is 2. The topological polar surface area (TPSA) is 63.2 Å². The number of Topliss-reactive ketones (excluding diaryl/α,β-unsaturated/α-hetero) is 1. The smallest absolute Gasteiger partial charge is 0.234 e. The number of aromatic nitrogens is 2. The Labute approximate surface area is 203 Å². The van der Waals surface area contributed by atoms with Crippen molar-refractivity contribution in [2.24, 2.45) is 0 Å². The van der Waals surface area contributed by atoms with E-state index in [1.165, 1.54) is 34.1 Å². The summed E-state index contributed by atoms with van der Waals surface area (Å²) < 4.78 is 15.3. The van der Waals surface area contributed by atoms with Crippen LogP contribution in [-0.4, -0.2) is 21.9 Å². The first-order valence-electron chi connectivity index (χ1n) is 10.6. The van der Waals surface area contributed by atoms with Crippen LogP contribution in [-0.2, 0) is 15.3 Å². The summed E-state index contributed by atoms with van der Waals surface area (Å²) in [7, 11) is 0. The SMILES string of the molecule is O=C1CCCC2=C1[C@@H](c1ccccc1F)CC(=O)N2c1nnc(SCc2ccccc2Cl)s1. The summed E-state index contributed by atoms with van der Waals surface area (Å²) in [5, 5.41) is 9.63. The normalized spacial score (nSPS) is 18.6. The Bertz CT molecular complexity index is 1280. The Morgan fingerprint density at radius 1 is 1.09 bits per heavy atom. The number of halogens is 2. The number of hydrogen-bond acceptors (Lipinski definition) is 6. The Morgan fingerprint density at radius 2 is 1.88 bits per heavy atom. The molecular formula is C24H19ClFN3O2S2. The molecular weight excluding hydrogens is 481 g/mol. The lowest BCUT2D eigenvalue weighted by Gasteiger charge is -2.36. The molecule has 9 heteroatoms. The molecule has 1 aliphatic heterocycles. The van der Waals surface area contributed by atoms with Gasteiger partial charge in [0, 0.05) is 40.8 Å². The molecule has 168 valence electrons. The number of carbonyl (C=O) groups is 2. The zero-order valence-electron chi connectivity index (χ0n) is 17.5. The Hall–Kier alpha value is -2.55. The van der Waals surface area contributed by atoms with Crippen LogP contribution < -0.4 is 4.90 Å². The zero-order chi connectivity index (χ0) is 22.9. The summed E-state index contributed by atoms with van der Waals surface area (Å²) in [5.74, 6) is -0.567. The largest absolute Gasteiger partial charge is 0.294 e. The quantitative estimate of drug-likeness (QED) is 0.311. The van der Waals surface area contributed by atoms with Crippen molar-refractivity contribution in [2.45, 2.75) is 41.7 Å². The maximum absolute atomic E-state index is 14.6. The van der Waals surface area contributed by atoms with Crippen LogP contribution in [0.4, 0.5) is 9.52 Å². The molecule has 2 aliphatic rings. The maximum atomic E-state index is 14.6. The van der Waals surface area contributed by atoms with E-state index in [0.717, 1.165) is 5.56 Å². The highest BCUT2D eigenvalue weighted by Crippen LogP contribution is 2.45. The molecule has 2 heterocycles. The van der Waals surface area contributed by atoms with E-state index in [-0.39, 0.29) is 18.1 Å². The minimum absolute atomic E-state index is 0.0210. The van der Waals surface area contributed by atoms with Gasteiger partial charge in [-0.15, -0.1) is 10.2 Å². The number of ketones is 1. The fourth-order valence-electron chi connectivity index (χ4n) is 4.34. The van der Waals surface area contributed by atoms with Crippen molar-refractivity contribution in [3.05, 3.63) is 81.8 Å².